The van der Waals surface area contributed by atoms with Crippen molar-refractivity contribution in [3.05, 3.63) is 20.7 Å². The van der Waals surface area contributed by atoms with Crippen LogP contribution in [0, 0.1) is 0 Å². The summed E-state index contributed by atoms with van der Waals surface area (Å²) in [7, 11) is 0. The number of aromatic nitrogens is 1. The van der Waals surface area contributed by atoms with E-state index in [9.17, 15) is 4.79 Å². The lowest BCUT2D eigenvalue weighted by Gasteiger charge is -2.23. The maximum absolute atomic E-state index is 10.9. The molecule has 1 rings (SSSR count). The van der Waals surface area contributed by atoms with E-state index in [1.807, 2.05) is 12.3 Å². The van der Waals surface area contributed by atoms with E-state index in [2.05, 4.69) is 24.1 Å². The van der Waals surface area contributed by atoms with Crippen LogP contribution in [-0.2, 0) is 5.54 Å². The van der Waals surface area contributed by atoms with Crippen LogP contribution in [0.15, 0.2) is 10.2 Å². The Morgan fingerprint density at radius 1 is 1.67 bits per heavy atom. The van der Waals surface area contributed by atoms with Crippen molar-refractivity contribution < 1.29 is 0 Å². The molecule has 0 radical (unpaired) electrons. The Morgan fingerprint density at radius 3 is 2.75 bits per heavy atom. The van der Waals surface area contributed by atoms with E-state index in [4.69, 9.17) is 0 Å². The summed E-state index contributed by atoms with van der Waals surface area (Å²) in [5.41, 5.74) is 0.827. The molecule has 2 N–H and O–H groups in total. The standard InChI is InChI=1S/C8H14N2OS/c1-4-9-8(2,3)6-5-12-7(11)10-6/h5,9H,4H2,1-3H3,(H,10,11). The molecule has 0 aliphatic carbocycles. The van der Waals surface area contributed by atoms with Crippen molar-refractivity contribution in [1.82, 2.24) is 10.3 Å². The molecule has 12 heavy (non-hydrogen) atoms. The quantitative estimate of drug-likeness (QED) is 0.747. The highest BCUT2D eigenvalue weighted by atomic mass is 32.1. The lowest BCUT2D eigenvalue weighted by molar-refractivity contribution is 0.405. The minimum atomic E-state index is -0.131. The number of nitrogens with one attached hydrogen (secondary N) is 2. The number of aromatic amines is 1. The van der Waals surface area contributed by atoms with Crippen LogP contribution in [0.1, 0.15) is 26.5 Å². The lowest BCUT2D eigenvalue weighted by Crippen LogP contribution is -2.36. The van der Waals surface area contributed by atoms with Crippen LogP contribution in [0.4, 0.5) is 0 Å². The molecule has 0 bridgehead atoms. The average Bonchev–Trinajstić information content (AvgIpc) is 2.36. The minimum absolute atomic E-state index is 0.0102. The fourth-order valence-corrected chi connectivity index (χ4v) is 1.87. The molecule has 1 aromatic rings. The molecule has 0 fully saturated rings. The first-order valence-corrected chi connectivity index (χ1v) is 4.87. The molecule has 0 atom stereocenters. The van der Waals surface area contributed by atoms with E-state index >= 15 is 0 Å². The Balaban J connectivity index is 2.88. The maximum atomic E-state index is 10.9. The summed E-state index contributed by atoms with van der Waals surface area (Å²) in [4.78, 5) is 13.7. The van der Waals surface area contributed by atoms with Gasteiger partial charge >= 0.3 is 4.87 Å². The molecular weight excluding hydrogens is 172 g/mol. The van der Waals surface area contributed by atoms with E-state index < -0.39 is 0 Å². The van der Waals surface area contributed by atoms with Gasteiger partial charge in [-0.25, -0.2) is 0 Å². The molecule has 0 unspecified atom stereocenters. The van der Waals surface area contributed by atoms with Gasteiger partial charge in [-0.05, 0) is 20.4 Å². The third-order valence-corrected chi connectivity index (χ3v) is 2.48. The molecule has 0 amide bonds. The summed E-state index contributed by atoms with van der Waals surface area (Å²) in [5, 5.41) is 5.15. The van der Waals surface area contributed by atoms with Gasteiger partial charge in [0.2, 0.25) is 0 Å². The van der Waals surface area contributed by atoms with Crippen LogP contribution in [0.25, 0.3) is 0 Å². The average molecular weight is 186 g/mol. The van der Waals surface area contributed by atoms with Crippen LogP contribution in [0.2, 0.25) is 0 Å². The predicted molar refractivity (Wildman–Crippen MR) is 51.6 cm³/mol. The zero-order chi connectivity index (χ0) is 9.19. The van der Waals surface area contributed by atoms with Crippen LogP contribution < -0.4 is 10.2 Å². The molecule has 68 valence electrons. The van der Waals surface area contributed by atoms with E-state index in [1.165, 1.54) is 11.3 Å². The normalized spacial score (nSPS) is 11.9. The Bertz CT molecular complexity index is 300. The first kappa shape index (κ1) is 9.48. The molecule has 1 heterocycles. The van der Waals surface area contributed by atoms with Crippen LogP contribution in [0.5, 0.6) is 0 Å². The Labute approximate surface area is 75.8 Å². The first-order chi connectivity index (χ1) is 5.56. The van der Waals surface area contributed by atoms with Gasteiger partial charge in [0.15, 0.2) is 0 Å². The first-order valence-electron chi connectivity index (χ1n) is 3.99. The van der Waals surface area contributed by atoms with Crippen molar-refractivity contribution in [2.45, 2.75) is 26.3 Å². The number of thiazole rings is 1. The number of H-pyrrole nitrogens is 1. The van der Waals surface area contributed by atoms with E-state index in [0.717, 1.165) is 12.2 Å². The maximum Gasteiger partial charge on any atom is 0.304 e. The van der Waals surface area contributed by atoms with Gasteiger partial charge < -0.3 is 10.3 Å². The molecule has 4 heteroatoms. The minimum Gasteiger partial charge on any atom is -0.315 e. The Morgan fingerprint density at radius 2 is 2.33 bits per heavy atom. The summed E-state index contributed by atoms with van der Waals surface area (Å²) in [6, 6.07) is 0. The number of hydrogen-bond acceptors (Lipinski definition) is 3. The Hall–Kier alpha value is -0.610. The fraction of sp³-hybridized carbons (Fsp3) is 0.625. The van der Waals surface area contributed by atoms with Gasteiger partial charge in [0.25, 0.3) is 0 Å². The summed E-state index contributed by atoms with van der Waals surface area (Å²) < 4.78 is 0. The third-order valence-electron chi connectivity index (χ3n) is 1.81. The van der Waals surface area contributed by atoms with E-state index in [0.29, 0.717) is 0 Å². The molecule has 0 aromatic carbocycles. The van der Waals surface area contributed by atoms with Crippen LogP contribution >= 0.6 is 11.3 Å². The molecule has 0 saturated heterocycles. The third kappa shape index (κ3) is 1.95. The van der Waals surface area contributed by atoms with Gasteiger partial charge in [-0.15, -0.1) is 0 Å². The second-order valence-corrected chi connectivity index (χ2v) is 4.06. The summed E-state index contributed by atoms with van der Waals surface area (Å²) in [6.07, 6.45) is 0. The van der Waals surface area contributed by atoms with E-state index in [1.54, 1.807) is 0 Å². The highest BCUT2D eigenvalue weighted by Gasteiger charge is 2.20. The zero-order valence-electron chi connectivity index (χ0n) is 7.60. The van der Waals surface area contributed by atoms with E-state index in [-0.39, 0.29) is 10.4 Å². The number of hydrogen-bond donors (Lipinski definition) is 2. The van der Waals surface area contributed by atoms with Crippen molar-refractivity contribution in [2.24, 2.45) is 0 Å². The van der Waals surface area contributed by atoms with Crippen molar-refractivity contribution in [1.29, 1.82) is 0 Å². The predicted octanol–water partition coefficient (Wildman–Crippen LogP) is 1.28. The molecular formula is C8H14N2OS. The zero-order valence-corrected chi connectivity index (χ0v) is 8.42. The largest absolute Gasteiger partial charge is 0.315 e. The Kier molecular flexibility index (Phi) is 2.69. The molecule has 0 aliphatic rings. The highest BCUT2D eigenvalue weighted by Crippen LogP contribution is 2.16. The number of rotatable bonds is 3. The van der Waals surface area contributed by atoms with Crippen molar-refractivity contribution >= 4 is 11.3 Å². The van der Waals surface area contributed by atoms with Gasteiger partial charge in [-0.3, -0.25) is 4.79 Å². The van der Waals surface area contributed by atoms with Crippen molar-refractivity contribution in [2.75, 3.05) is 6.54 Å². The summed E-state index contributed by atoms with van der Waals surface area (Å²) >= 11 is 1.21. The van der Waals surface area contributed by atoms with Gasteiger partial charge in [-0.1, -0.05) is 18.3 Å². The van der Waals surface area contributed by atoms with Gasteiger partial charge in [0, 0.05) is 11.1 Å². The molecule has 1 aromatic heterocycles. The van der Waals surface area contributed by atoms with Crippen molar-refractivity contribution in [3.63, 3.8) is 0 Å². The topological polar surface area (TPSA) is 44.9 Å². The molecule has 0 saturated carbocycles. The fourth-order valence-electron chi connectivity index (χ4n) is 1.12. The second-order valence-electron chi connectivity index (χ2n) is 3.22. The van der Waals surface area contributed by atoms with Gasteiger partial charge in [-0.2, -0.15) is 0 Å². The van der Waals surface area contributed by atoms with Crippen LogP contribution in [-0.4, -0.2) is 11.5 Å². The van der Waals surface area contributed by atoms with Crippen LogP contribution in [0.3, 0.4) is 0 Å². The summed E-state index contributed by atoms with van der Waals surface area (Å²) in [5.74, 6) is 0. The lowest BCUT2D eigenvalue weighted by atomic mass is 10.0. The summed E-state index contributed by atoms with van der Waals surface area (Å²) in [6.45, 7) is 7.04. The molecule has 3 nitrogen and oxygen atoms in total. The second kappa shape index (κ2) is 3.41. The van der Waals surface area contributed by atoms with Gasteiger partial charge in [0.1, 0.15) is 0 Å². The highest BCUT2D eigenvalue weighted by molar-refractivity contribution is 7.07. The molecule has 0 spiro atoms. The smallest absolute Gasteiger partial charge is 0.304 e. The SMILES string of the molecule is CCNC(C)(C)c1csc(=O)[nH]1. The van der Waals surface area contributed by atoms with Gasteiger partial charge in [0.05, 0.1) is 5.54 Å². The molecule has 0 aliphatic heterocycles. The monoisotopic (exact) mass is 186 g/mol. The van der Waals surface area contributed by atoms with Crippen molar-refractivity contribution in [3.8, 4) is 0 Å².